The van der Waals surface area contributed by atoms with Crippen molar-refractivity contribution in [1.82, 2.24) is 15.0 Å². The van der Waals surface area contributed by atoms with E-state index in [1.165, 1.54) is 25.7 Å². The molecule has 0 unspecified atom stereocenters. The fourth-order valence-corrected chi connectivity index (χ4v) is 2.12. The number of hydrogen-bond donors (Lipinski definition) is 2. The molecule has 0 bridgehead atoms. The molecule has 1 aromatic heterocycles. The van der Waals surface area contributed by atoms with Gasteiger partial charge in [0.25, 0.3) is 0 Å². The second kappa shape index (κ2) is 6.49. The van der Waals surface area contributed by atoms with E-state index in [9.17, 15) is 0 Å². The van der Waals surface area contributed by atoms with Gasteiger partial charge >= 0.3 is 0 Å². The van der Waals surface area contributed by atoms with Crippen LogP contribution in [0.1, 0.15) is 38.4 Å². The van der Waals surface area contributed by atoms with Gasteiger partial charge in [0, 0.05) is 13.0 Å². The summed E-state index contributed by atoms with van der Waals surface area (Å²) in [6, 6.07) is 0. The monoisotopic (exact) mass is 251 g/mol. The molecule has 3 N–H and O–H groups in total. The number of anilines is 2. The Morgan fingerprint density at radius 2 is 2.06 bits per heavy atom. The van der Waals surface area contributed by atoms with Crippen LogP contribution >= 0.6 is 0 Å². The lowest BCUT2D eigenvalue weighted by molar-refractivity contribution is 0.0658. The first-order chi connectivity index (χ1) is 8.78. The van der Waals surface area contributed by atoms with E-state index in [1.807, 2.05) is 6.92 Å². The summed E-state index contributed by atoms with van der Waals surface area (Å²) in [5.41, 5.74) is 5.61. The maximum atomic E-state index is 5.75. The Hall–Kier alpha value is -1.43. The zero-order chi connectivity index (χ0) is 12.8. The number of nitrogen functional groups attached to an aromatic ring is 1. The van der Waals surface area contributed by atoms with Crippen LogP contribution in [0.25, 0.3) is 0 Å². The molecule has 1 aliphatic rings. The lowest BCUT2D eigenvalue weighted by Gasteiger charge is -2.11. The van der Waals surface area contributed by atoms with E-state index in [1.54, 1.807) is 0 Å². The molecule has 0 saturated heterocycles. The van der Waals surface area contributed by atoms with Gasteiger partial charge in [-0.2, -0.15) is 15.0 Å². The number of hydrogen-bond acceptors (Lipinski definition) is 6. The average molecular weight is 251 g/mol. The van der Waals surface area contributed by atoms with Gasteiger partial charge in [-0.3, -0.25) is 0 Å². The molecule has 0 amide bonds. The van der Waals surface area contributed by atoms with E-state index in [-0.39, 0.29) is 5.95 Å². The summed E-state index contributed by atoms with van der Waals surface area (Å²) in [7, 11) is 0. The molecule has 6 heteroatoms. The van der Waals surface area contributed by atoms with Crippen molar-refractivity contribution in [2.75, 3.05) is 24.2 Å². The van der Waals surface area contributed by atoms with Crippen molar-refractivity contribution in [3.8, 4) is 0 Å². The molecule has 1 heterocycles. The van der Waals surface area contributed by atoms with Crippen molar-refractivity contribution in [3.05, 3.63) is 5.82 Å². The molecule has 1 saturated carbocycles. The quantitative estimate of drug-likeness (QED) is 0.743. The van der Waals surface area contributed by atoms with Crippen molar-refractivity contribution in [2.24, 2.45) is 0 Å². The summed E-state index contributed by atoms with van der Waals surface area (Å²) in [5.74, 6) is 1.51. The molecule has 100 valence electrons. The van der Waals surface area contributed by atoms with Crippen LogP contribution in [0.15, 0.2) is 0 Å². The molecule has 1 aromatic rings. The van der Waals surface area contributed by atoms with Crippen LogP contribution in [-0.2, 0) is 11.2 Å². The largest absolute Gasteiger partial charge is 0.376 e. The van der Waals surface area contributed by atoms with E-state index in [2.05, 4.69) is 20.3 Å². The topological polar surface area (TPSA) is 86.0 Å². The van der Waals surface area contributed by atoms with Crippen molar-refractivity contribution in [1.29, 1.82) is 0 Å². The number of aryl methyl sites for hydroxylation is 1. The van der Waals surface area contributed by atoms with Gasteiger partial charge in [0.1, 0.15) is 5.82 Å². The first-order valence-electron chi connectivity index (χ1n) is 6.64. The second-order valence-corrected chi connectivity index (χ2v) is 4.49. The van der Waals surface area contributed by atoms with Gasteiger partial charge in [0.05, 0.1) is 12.7 Å². The molecule has 0 radical (unpaired) electrons. The minimum absolute atomic E-state index is 0.265. The van der Waals surface area contributed by atoms with Crippen molar-refractivity contribution in [3.63, 3.8) is 0 Å². The maximum absolute atomic E-state index is 5.75. The molecular formula is C12H21N5O. The molecule has 0 aromatic carbocycles. The van der Waals surface area contributed by atoms with Gasteiger partial charge in [-0.05, 0) is 12.8 Å². The summed E-state index contributed by atoms with van der Waals surface area (Å²) < 4.78 is 5.75. The van der Waals surface area contributed by atoms with E-state index in [4.69, 9.17) is 10.5 Å². The molecule has 2 rings (SSSR count). The van der Waals surface area contributed by atoms with Crippen LogP contribution < -0.4 is 11.1 Å². The maximum Gasteiger partial charge on any atom is 0.227 e. The first kappa shape index (κ1) is 13.0. The summed E-state index contributed by atoms with van der Waals surface area (Å²) >= 11 is 0. The fraction of sp³-hybridized carbons (Fsp3) is 0.750. The SMILES string of the molecule is CCc1nc(N)nc(NCCOC2CCCC2)n1. The summed E-state index contributed by atoms with van der Waals surface area (Å²) in [6.45, 7) is 3.36. The van der Waals surface area contributed by atoms with Gasteiger partial charge in [0.2, 0.25) is 11.9 Å². The highest BCUT2D eigenvalue weighted by atomic mass is 16.5. The third-order valence-corrected chi connectivity index (χ3v) is 3.06. The Kier molecular flexibility index (Phi) is 4.69. The van der Waals surface area contributed by atoms with E-state index >= 15 is 0 Å². The Balaban J connectivity index is 1.73. The molecule has 1 fully saturated rings. The Labute approximate surface area is 107 Å². The number of rotatable bonds is 6. The summed E-state index contributed by atoms with van der Waals surface area (Å²) in [4.78, 5) is 12.3. The van der Waals surface area contributed by atoms with Crippen LogP contribution in [0.2, 0.25) is 0 Å². The smallest absolute Gasteiger partial charge is 0.227 e. The Morgan fingerprint density at radius 3 is 2.78 bits per heavy atom. The van der Waals surface area contributed by atoms with Crippen LogP contribution in [0.4, 0.5) is 11.9 Å². The lowest BCUT2D eigenvalue weighted by atomic mass is 10.3. The van der Waals surface area contributed by atoms with Crippen LogP contribution in [0.3, 0.4) is 0 Å². The van der Waals surface area contributed by atoms with E-state index < -0.39 is 0 Å². The summed E-state index contributed by atoms with van der Waals surface area (Å²) in [5, 5.41) is 3.12. The summed E-state index contributed by atoms with van der Waals surface area (Å²) in [6.07, 6.45) is 6.17. The average Bonchev–Trinajstić information content (AvgIpc) is 2.87. The zero-order valence-corrected chi connectivity index (χ0v) is 10.9. The van der Waals surface area contributed by atoms with Crippen LogP contribution in [-0.4, -0.2) is 34.2 Å². The molecule has 18 heavy (non-hydrogen) atoms. The van der Waals surface area contributed by atoms with Gasteiger partial charge in [0.15, 0.2) is 0 Å². The Morgan fingerprint density at radius 1 is 1.28 bits per heavy atom. The number of ether oxygens (including phenoxy) is 1. The first-order valence-corrected chi connectivity index (χ1v) is 6.64. The number of nitrogens with one attached hydrogen (secondary N) is 1. The van der Waals surface area contributed by atoms with Crippen LogP contribution in [0, 0.1) is 0 Å². The van der Waals surface area contributed by atoms with E-state index in [0.29, 0.717) is 31.0 Å². The molecule has 0 atom stereocenters. The highest BCUT2D eigenvalue weighted by Crippen LogP contribution is 2.20. The number of aromatic nitrogens is 3. The van der Waals surface area contributed by atoms with Gasteiger partial charge in [-0.25, -0.2) is 0 Å². The molecule has 1 aliphatic carbocycles. The molecule has 0 aliphatic heterocycles. The predicted octanol–water partition coefficient (Wildman–Crippen LogP) is 1.39. The third kappa shape index (κ3) is 3.80. The normalized spacial score (nSPS) is 16.1. The van der Waals surface area contributed by atoms with Gasteiger partial charge < -0.3 is 15.8 Å². The standard InChI is InChI=1S/C12H21N5O/c1-2-10-15-11(13)17-12(16-10)14-7-8-18-9-5-3-4-6-9/h9H,2-8H2,1H3,(H3,13,14,15,16,17). The fourth-order valence-electron chi connectivity index (χ4n) is 2.12. The lowest BCUT2D eigenvalue weighted by Crippen LogP contribution is -2.17. The Bertz CT molecular complexity index is 379. The molecule has 6 nitrogen and oxygen atoms in total. The van der Waals surface area contributed by atoms with Crippen molar-refractivity contribution < 1.29 is 4.74 Å². The second-order valence-electron chi connectivity index (χ2n) is 4.49. The minimum Gasteiger partial charge on any atom is -0.376 e. The zero-order valence-electron chi connectivity index (χ0n) is 10.9. The highest BCUT2D eigenvalue weighted by molar-refractivity contribution is 5.30. The minimum atomic E-state index is 0.265. The van der Waals surface area contributed by atoms with Gasteiger partial charge in [-0.1, -0.05) is 19.8 Å². The van der Waals surface area contributed by atoms with Crippen LogP contribution in [0.5, 0.6) is 0 Å². The third-order valence-electron chi connectivity index (χ3n) is 3.06. The highest BCUT2D eigenvalue weighted by Gasteiger charge is 2.14. The van der Waals surface area contributed by atoms with Gasteiger partial charge in [-0.15, -0.1) is 0 Å². The van der Waals surface area contributed by atoms with Crippen molar-refractivity contribution >= 4 is 11.9 Å². The van der Waals surface area contributed by atoms with Crippen molar-refractivity contribution in [2.45, 2.75) is 45.1 Å². The predicted molar refractivity (Wildman–Crippen MR) is 70.3 cm³/mol. The van der Waals surface area contributed by atoms with E-state index in [0.717, 1.165) is 6.42 Å². The molecular weight excluding hydrogens is 230 g/mol. The number of nitrogens with two attached hydrogens (primary N) is 1. The number of nitrogens with zero attached hydrogens (tertiary/aromatic N) is 3. The molecule has 0 spiro atoms.